The van der Waals surface area contributed by atoms with E-state index in [0.29, 0.717) is 6.54 Å². The lowest BCUT2D eigenvalue weighted by molar-refractivity contribution is -0.121. The van der Waals surface area contributed by atoms with Gasteiger partial charge in [-0.1, -0.05) is 36.4 Å². The SMILES string of the molecule is CCNC(=O)C(C)Nc1cccc2ccccc12. The number of nitrogens with one attached hydrogen (secondary N) is 2. The summed E-state index contributed by atoms with van der Waals surface area (Å²) in [7, 11) is 0. The minimum atomic E-state index is -0.240. The fraction of sp³-hybridized carbons (Fsp3) is 0.267. The summed E-state index contributed by atoms with van der Waals surface area (Å²) in [5, 5.41) is 8.38. The Labute approximate surface area is 107 Å². The number of benzene rings is 2. The number of hydrogen-bond donors (Lipinski definition) is 2. The maximum absolute atomic E-state index is 11.7. The second-order valence-electron chi connectivity index (χ2n) is 4.29. The third kappa shape index (κ3) is 2.62. The summed E-state index contributed by atoms with van der Waals surface area (Å²) in [4.78, 5) is 11.7. The predicted octanol–water partition coefficient (Wildman–Crippen LogP) is 2.78. The van der Waals surface area contributed by atoms with Crippen LogP contribution in [0.25, 0.3) is 10.8 Å². The molecule has 0 spiro atoms. The fourth-order valence-electron chi connectivity index (χ4n) is 1.98. The van der Waals surface area contributed by atoms with Gasteiger partial charge in [0, 0.05) is 17.6 Å². The topological polar surface area (TPSA) is 41.1 Å². The molecule has 18 heavy (non-hydrogen) atoms. The number of anilines is 1. The zero-order chi connectivity index (χ0) is 13.0. The first-order chi connectivity index (χ1) is 8.72. The molecular weight excluding hydrogens is 224 g/mol. The van der Waals surface area contributed by atoms with Gasteiger partial charge in [-0.2, -0.15) is 0 Å². The maximum atomic E-state index is 11.7. The van der Waals surface area contributed by atoms with Crippen molar-refractivity contribution in [1.82, 2.24) is 5.32 Å². The van der Waals surface area contributed by atoms with E-state index in [0.717, 1.165) is 11.1 Å². The lowest BCUT2D eigenvalue weighted by Gasteiger charge is -2.16. The average Bonchev–Trinajstić information content (AvgIpc) is 2.39. The molecule has 1 amide bonds. The molecule has 0 heterocycles. The molecule has 1 unspecified atom stereocenters. The highest BCUT2D eigenvalue weighted by Crippen LogP contribution is 2.23. The molecule has 0 saturated carbocycles. The number of likely N-dealkylation sites (N-methyl/N-ethyl adjacent to an activating group) is 1. The van der Waals surface area contributed by atoms with Gasteiger partial charge in [0.1, 0.15) is 6.04 Å². The van der Waals surface area contributed by atoms with Crippen LogP contribution in [0.4, 0.5) is 5.69 Å². The van der Waals surface area contributed by atoms with Gasteiger partial charge >= 0.3 is 0 Å². The lowest BCUT2D eigenvalue weighted by Crippen LogP contribution is -2.37. The Morgan fingerprint density at radius 1 is 1.17 bits per heavy atom. The summed E-state index contributed by atoms with van der Waals surface area (Å²) in [6, 6.07) is 14.0. The van der Waals surface area contributed by atoms with Gasteiger partial charge in [-0.3, -0.25) is 4.79 Å². The van der Waals surface area contributed by atoms with Crippen molar-refractivity contribution in [1.29, 1.82) is 0 Å². The first-order valence-electron chi connectivity index (χ1n) is 6.24. The van der Waals surface area contributed by atoms with Gasteiger partial charge < -0.3 is 10.6 Å². The van der Waals surface area contributed by atoms with Crippen LogP contribution in [0.15, 0.2) is 42.5 Å². The van der Waals surface area contributed by atoms with E-state index >= 15 is 0 Å². The molecule has 0 aliphatic carbocycles. The van der Waals surface area contributed by atoms with Crippen molar-refractivity contribution in [3.05, 3.63) is 42.5 Å². The van der Waals surface area contributed by atoms with Crippen molar-refractivity contribution in [2.75, 3.05) is 11.9 Å². The Balaban J connectivity index is 2.24. The largest absolute Gasteiger partial charge is 0.373 e. The first-order valence-corrected chi connectivity index (χ1v) is 6.24. The Morgan fingerprint density at radius 2 is 1.89 bits per heavy atom. The van der Waals surface area contributed by atoms with E-state index in [9.17, 15) is 4.79 Å². The van der Waals surface area contributed by atoms with Crippen LogP contribution in [0.1, 0.15) is 13.8 Å². The summed E-state index contributed by atoms with van der Waals surface area (Å²) in [5.74, 6) is 0.0189. The Kier molecular flexibility index (Phi) is 3.82. The van der Waals surface area contributed by atoms with Crippen LogP contribution in [-0.4, -0.2) is 18.5 Å². The van der Waals surface area contributed by atoms with Gasteiger partial charge in [0.2, 0.25) is 5.91 Å². The quantitative estimate of drug-likeness (QED) is 0.865. The van der Waals surface area contributed by atoms with E-state index in [1.165, 1.54) is 5.39 Å². The zero-order valence-corrected chi connectivity index (χ0v) is 10.7. The van der Waals surface area contributed by atoms with Crippen LogP contribution in [0.2, 0.25) is 0 Å². The predicted molar refractivity (Wildman–Crippen MR) is 75.7 cm³/mol. The molecule has 0 aromatic heterocycles. The van der Waals surface area contributed by atoms with Gasteiger partial charge in [0.25, 0.3) is 0 Å². The third-order valence-electron chi connectivity index (χ3n) is 2.91. The van der Waals surface area contributed by atoms with Crippen LogP contribution in [0.3, 0.4) is 0 Å². The molecule has 0 bridgehead atoms. The smallest absolute Gasteiger partial charge is 0.242 e. The molecule has 0 saturated heterocycles. The minimum Gasteiger partial charge on any atom is -0.373 e. The molecule has 2 aromatic rings. The van der Waals surface area contributed by atoms with Crippen LogP contribution in [0.5, 0.6) is 0 Å². The van der Waals surface area contributed by atoms with Gasteiger partial charge in [-0.15, -0.1) is 0 Å². The van der Waals surface area contributed by atoms with Crippen LogP contribution in [-0.2, 0) is 4.79 Å². The van der Waals surface area contributed by atoms with Gasteiger partial charge in [-0.05, 0) is 25.3 Å². The second-order valence-corrected chi connectivity index (χ2v) is 4.29. The number of carbonyl (C=O) groups excluding carboxylic acids is 1. The third-order valence-corrected chi connectivity index (χ3v) is 2.91. The summed E-state index contributed by atoms with van der Waals surface area (Å²) in [5.41, 5.74) is 0.992. The number of rotatable bonds is 4. The molecule has 2 rings (SSSR count). The van der Waals surface area contributed by atoms with Gasteiger partial charge in [0.05, 0.1) is 0 Å². The van der Waals surface area contributed by atoms with Crippen molar-refractivity contribution >= 4 is 22.4 Å². The molecule has 0 aliphatic heterocycles. The van der Waals surface area contributed by atoms with Crippen molar-refractivity contribution in [3.8, 4) is 0 Å². The van der Waals surface area contributed by atoms with E-state index in [1.54, 1.807) is 0 Å². The Morgan fingerprint density at radius 3 is 2.67 bits per heavy atom. The van der Waals surface area contributed by atoms with E-state index in [4.69, 9.17) is 0 Å². The standard InChI is InChI=1S/C15H18N2O/c1-3-16-15(18)11(2)17-14-10-6-8-12-7-4-5-9-13(12)14/h4-11,17H,3H2,1-2H3,(H,16,18). The fourth-order valence-corrected chi connectivity index (χ4v) is 1.98. The van der Waals surface area contributed by atoms with E-state index in [1.807, 2.05) is 38.1 Å². The normalized spacial score (nSPS) is 12.1. The molecular formula is C15H18N2O. The van der Waals surface area contributed by atoms with Crippen LogP contribution >= 0.6 is 0 Å². The molecule has 3 heteroatoms. The Hall–Kier alpha value is -2.03. The molecule has 3 nitrogen and oxygen atoms in total. The molecule has 2 N–H and O–H groups in total. The van der Waals surface area contributed by atoms with Crippen molar-refractivity contribution in [2.24, 2.45) is 0 Å². The second kappa shape index (κ2) is 5.54. The van der Waals surface area contributed by atoms with Crippen molar-refractivity contribution < 1.29 is 4.79 Å². The molecule has 0 aliphatic rings. The lowest BCUT2D eigenvalue weighted by atomic mass is 10.1. The summed E-state index contributed by atoms with van der Waals surface area (Å²) < 4.78 is 0. The summed E-state index contributed by atoms with van der Waals surface area (Å²) in [6.07, 6.45) is 0. The minimum absolute atomic E-state index is 0.0189. The number of amides is 1. The van der Waals surface area contributed by atoms with E-state index in [-0.39, 0.29) is 11.9 Å². The van der Waals surface area contributed by atoms with E-state index < -0.39 is 0 Å². The monoisotopic (exact) mass is 242 g/mol. The van der Waals surface area contributed by atoms with Gasteiger partial charge in [0.15, 0.2) is 0 Å². The zero-order valence-electron chi connectivity index (χ0n) is 10.7. The maximum Gasteiger partial charge on any atom is 0.242 e. The molecule has 1 atom stereocenters. The van der Waals surface area contributed by atoms with Crippen LogP contribution < -0.4 is 10.6 Å². The molecule has 0 fully saturated rings. The first kappa shape index (κ1) is 12.4. The summed E-state index contributed by atoms with van der Waals surface area (Å²) in [6.45, 7) is 4.44. The molecule has 94 valence electrons. The highest BCUT2D eigenvalue weighted by atomic mass is 16.2. The molecule has 2 aromatic carbocycles. The van der Waals surface area contributed by atoms with Crippen molar-refractivity contribution in [3.63, 3.8) is 0 Å². The van der Waals surface area contributed by atoms with Crippen LogP contribution in [0, 0.1) is 0 Å². The Bertz CT molecular complexity index is 546. The highest BCUT2D eigenvalue weighted by molar-refractivity contribution is 5.95. The summed E-state index contributed by atoms with van der Waals surface area (Å²) >= 11 is 0. The number of hydrogen-bond acceptors (Lipinski definition) is 2. The molecule has 0 radical (unpaired) electrons. The van der Waals surface area contributed by atoms with Gasteiger partial charge in [-0.25, -0.2) is 0 Å². The average molecular weight is 242 g/mol. The van der Waals surface area contributed by atoms with E-state index in [2.05, 4.69) is 28.8 Å². The number of carbonyl (C=O) groups is 1. The number of fused-ring (bicyclic) bond motifs is 1. The van der Waals surface area contributed by atoms with Crippen molar-refractivity contribution in [2.45, 2.75) is 19.9 Å². The highest BCUT2D eigenvalue weighted by Gasteiger charge is 2.12.